The van der Waals surface area contributed by atoms with Crippen molar-refractivity contribution in [2.75, 3.05) is 26.7 Å². The molecule has 0 aliphatic carbocycles. The number of nitrogens with zero attached hydrogens (tertiary/aromatic N) is 4. The number of carbonyl (C=O) groups excluding carboxylic acids is 4. The molecule has 1 aliphatic heterocycles. The van der Waals surface area contributed by atoms with E-state index >= 15 is 0 Å². The molecule has 0 saturated carbocycles. The van der Waals surface area contributed by atoms with E-state index in [1.807, 2.05) is 121 Å². The Balaban J connectivity index is 1.60. The molecule has 0 spiro atoms. The molecule has 298 valence electrons. The maximum atomic E-state index is 14.4. The van der Waals surface area contributed by atoms with Crippen LogP contribution in [0.4, 0.5) is 9.59 Å². The van der Waals surface area contributed by atoms with E-state index in [1.165, 1.54) is 7.11 Å². The Morgan fingerprint density at radius 1 is 0.927 bits per heavy atom. The van der Waals surface area contributed by atoms with Gasteiger partial charge in [0.2, 0.25) is 5.91 Å². The average molecular weight is 758 g/mol. The molecule has 13 nitrogen and oxygen atoms in total. The number of nitrogens with one attached hydrogen (secondary N) is 3. The smallest absolute Gasteiger partial charge is 0.407 e. The summed E-state index contributed by atoms with van der Waals surface area (Å²) in [5.74, 6) is -1.03. The summed E-state index contributed by atoms with van der Waals surface area (Å²) in [6.07, 6.45) is -0.973. The average Bonchev–Trinajstić information content (AvgIpc) is 3.49. The molecule has 2 aromatic carbocycles. The first-order valence-corrected chi connectivity index (χ1v) is 19.1. The Kier molecular flexibility index (Phi) is 15.2. The van der Waals surface area contributed by atoms with E-state index in [4.69, 9.17) is 4.74 Å². The quantitative estimate of drug-likeness (QED) is 0.144. The number of carbonyl (C=O) groups is 4. The Morgan fingerprint density at radius 3 is 2.24 bits per heavy atom. The van der Waals surface area contributed by atoms with E-state index in [-0.39, 0.29) is 30.9 Å². The van der Waals surface area contributed by atoms with Gasteiger partial charge in [-0.1, -0.05) is 107 Å². The van der Waals surface area contributed by atoms with Crippen LogP contribution in [0.1, 0.15) is 69.1 Å². The van der Waals surface area contributed by atoms with Crippen LogP contribution in [0.25, 0.3) is 0 Å². The number of benzene rings is 2. The lowest BCUT2D eigenvalue weighted by atomic mass is 9.86. The Hall–Kier alpha value is -5.01. The number of ether oxygens (including phenoxy) is 1. The summed E-state index contributed by atoms with van der Waals surface area (Å²) >= 11 is 0. The third-order valence-corrected chi connectivity index (χ3v) is 10.0. The van der Waals surface area contributed by atoms with E-state index < -0.39 is 41.6 Å². The maximum Gasteiger partial charge on any atom is 0.407 e. The summed E-state index contributed by atoms with van der Waals surface area (Å²) in [4.78, 5) is 62.2. The number of hydrazine groups is 1. The number of aliphatic hydroxyl groups is 1. The van der Waals surface area contributed by atoms with Gasteiger partial charge in [-0.2, -0.15) is 0 Å². The Labute approximate surface area is 325 Å². The summed E-state index contributed by atoms with van der Waals surface area (Å²) in [6.45, 7) is 14.7. The molecular weight excluding hydrogens is 699 g/mol. The molecular formula is C42H59N7O6. The highest BCUT2D eigenvalue weighted by molar-refractivity contribution is 5.88. The first-order valence-electron chi connectivity index (χ1n) is 19.1. The number of hydrogen-bond acceptors (Lipinski definition) is 8. The number of aromatic nitrogens is 1. The van der Waals surface area contributed by atoms with Crippen LogP contribution in [0, 0.1) is 25.2 Å². The summed E-state index contributed by atoms with van der Waals surface area (Å²) in [7, 11) is 1.23. The number of hydrogen-bond donors (Lipinski definition) is 4. The van der Waals surface area contributed by atoms with Crippen LogP contribution < -0.4 is 16.1 Å². The van der Waals surface area contributed by atoms with Crippen molar-refractivity contribution in [2.45, 2.75) is 98.6 Å². The predicted octanol–water partition coefficient (Wildman–Crippen LogP) is 4.74. The minimum absolute atomic E-state index is 0.0691. The van der Waals surface area contributed by atoms with Crippen LogP contribution in [0.15, 0.2) is 72.8 Å². The Morgan fingerprint density at radius 2 is 1.62 bits per heavy atom. The maximum absolute atomic E-state index is 14.4. The monoisotopic (exact) mass is 757 g/mol. The highest BCUT2D eigenvalue weighted by atomic mass is 16.5. The van der Waals surface area contributed by atoms with Crippen LogP contribution in [-0.2, 0) is 33.8 Å². The van der Waals surface area contributed by atoms with E-state index in [9.17, 15) is 24.3 Å². The molecule has 4 rings (SSSR count). The van der Waals surface area contributed by atoms with Gasteiger partial charge in [-0.25, -0.2) is 14.6 Å². The van der Waals surface area contributed by atoms with E-state index in [0.29, 0.717) is 32.5 Å². The largest absolute Gasteiger partial charge is 0.453 e. The fourth-order valence-corrected chi connectivity index (χ4v) is 6.73. The van der Waals surface area contributed by atoms with Crippen molar-refractivity contribution in [2.24, 2.45) is 11.3 Å². The zero-order chi connectivity index (χ0) is 40.3. The number of alkyl carbamates (subject to hydrolysis) is 1. The fraction of sp³-hybridized carbons (Fsp3) is 0.500. The van der Waals surface area contributed by atoms with E-state index in [1.54, 1.807) is 14.8 Å². The van der Waals surface area contributed by atoms with Crippen molar-refractivity contribution in [3.63, 3.8) is 0 Å². The molecule has 2 heterocycles. The van der Waals surface area contributed by atoms with Crippen molar-refractivity contribution >= 4 is 23.9 Å². The second kappa shape index (κ2) is 19.5. The zero-order valence-corrected chi connectivity index (χ0v) is 33.5. The number of rotatable bonds is 17. The third kappa shape index (κ3) is 12.2. The van der Waals surface area contributed by atoms with Crippen LogP contribution in [-0.4, -0.2) is 99.8 Å². The van der Waals surface area contributed by atoms with Gasteiger partial charge in [-0.15, -0.1) is 0 Å². The van der Waals surface area contributed by atoms with Crippen LogP contribution >= 0.6 is 0 Å². The lowest BCUT2D eigenvalue weighted by molar-refractivity contribution is -0.132. The minimum atomic E-state index is -1.17. The van der Waals surface area contributed by atoms with Gasteiger partial charge in [0, 0.05) is 31.9 Å². The number of urea groups is 1. The summed E-state index contributed by atoms with van der Waals surface area (Å²) < 4.78 is 4.80. The van der Waals surface area contributed by atoms with Crippen LogP contribution in [0.2, 0.25) is 0 Å². The molecule has 5 amide bonds. The normalized spacial score (nSPS) is 15.9. The number of methoxy groups -OCH3 is 1. The first-order chi connectivity index (χ1) is 26.1. The molecule has 55 heavy (non-hydrogen) atoms. The van der Waals surface area contributed by atoms with Gasteiger partial charge in [0.25, 0.3) is 5.91 Å². The Bertz CT molecular complexity index is 1730. The van der Waals surface area contributed by atoms with Gasteiger partial charge in [0.15, 0.2) is 0 Å². The molecule has 1 saturated heterocycles. The lowest BCUT2D eigenvalue weighted by Crippen LogP contribution is -2.60. The van der Waals surface area contributed by atoms with Gasteiger partial charge in [-0.05, 0) is 54.9 Å². The molecule has 3 aromatic rings. The summed E-state index contributed by atoms with van der Waals surface area (Å²) in [5, 5.41) is 19.4. The number of aliphatic hydroxyl groups excluding tert-OH is 1. The molecule has 0 radical (unpaired) electrons. The number of pyridine rings is 1. The van der Waals surface area contributed by atoms with Crippen LogP contribution in [0.5, 0.6) is 0 Å². The van der Waals surface area contributed by atoms with E-state index in [2.05, 4.69) is 21.0 Å². The highest BCUT2D eigenvalue weighted by Crippen LogP contribution is 2.24. The highest BCUT2D eigenvalue weighted by Gasteiger charge is 2.41. The second-order valence-corrected chi connectivity index (χ2v) is 15.6. The molecule has 0 bridgehead atoms. The molecule has 1 aromatic heterocycles. The minimum Gasteiger partial charge on any atom is -0.453 e. The lowest BCUT2D eigenvalue weighted by Gasteiger charge is -2.36. The number of aryl methyl sites for hydroxylation is 2. The zero-order valence-electron chi connectivity index (χ0n) is 33.5. The van der Waals surface area contributed by atoms with Gasteiger partial charge < -0.3 is 30.3 Å². The van der Waals surface area contributed by atoms with Crippen molar-refractivity contribution in [1.82, 2.24) is 35.9 Å². The molecule has 4 N–H and O–H groups in total. The standard InChI is InChI=1S/C42H59N7O6/c1-9-29(3)36(49-23-22-47(41(49)54)26-33-17-13-14-30(4)43-33)38(51)44-34(24-31-15-11-10-12-16-31)35(50)27-48(25-32-20-18-28(2)19-21-32)46-39(52)37(42(5,6)7)45-40(53)55-8/h10-21,29,34-37,50H,9,22-27H2,1-8H3,(H,44,51)(H,45,53)(H,46,52)/t29-,34-,35-,36-,37+/m0/s1. The first kappa shape index (κ1) is 42.7. The van der Waals surface area contributed by atoms with Gasteiger partial charge in [0.05, 0.1) is 31.5 Å². The third-order valence-electron chi connectivity index (χ3n) is 10.0. The van der Waals surface area contributed by atoms with Crippen molar-refractivity contribution in [3.05, 3.63) is 101 Å². The molecule has 0 unspecified atom stereocenters. The predicted molar refractivity (Wildman–Crippen MR) is 211 cm³/mol. The van der Waals surface area contributed by atoms with Gasteiger partial charge in [-0.3, -0.25) is 20.0 Å². The van der Waals surface area contributed by atoms with Crippen molar-refractivity contribution in [1.29, 1.82) is 0 Å². The molecule has 1 aliphatic rings. The molecule has 1 fully saturated rings. The van der Waals surface area contributed by atoms with Crippen molar-refractivity contribution in [3.8, 4) is 0 Å². The topological polar surface area (TPSA) is 156 Å². The molecule has 5 atom stereocenters. The van der Waals surface area contributed by atoms with Crippen molar-refractivity contribution < 1.29 is 29.0 Å². The number of amides is 5. The van der Waals surface area contributed by atoms with Gasteiger partial charge in [0.1, 0.15) is 12.1 Å². The SMILES string of the molecule is CC[C@H](C)[C@@H](C(=O)N[C@@H](Cc1ccccc1)[C@@H](O)CN(Cc1ccc(C)cc1)NC(=O)[C@@H](NC(=O)OC)C(C)(C)C)N1CCN(Cc2cccc(C)n2)C1=O. The van der Waals surface area contributed by atoms with E-state index in [0.717, 1.165) is 28.1 Å². The fourth-order valence-electron chi connectivity index (χ4n) is 6.73. The summed E-state index contributed by atoms with van der Waals surface area (Å²) in [6, 6.07) is 20.3. The van der Waals surface area contributed by atoms with Gasteiger partial charge >= 0.3 is 12.1 Å². The molecule has 13 heteroatoms. The summed E-state index contributed by atoms with van der Waals surface area (Å²) in [5.41, 5.74) is 6.75. The van der Waals surface area contributed by atoms with Crippen LogP contribution in [0.3, 0.4) is 0 Å². The second-order valence-electron chi connectivity index (χ2n) is 15.6.